The smallest absolute Gasteiger partial charge is 0.0397 e. The highest BCUT2D eigenvalue weighted by molar-refractivity contribution is 5.58. The Hall–Kier alpha value is -1.06. The maximum atomic E-state index is 3.65. The minimum atomic E-state index is 0.533. The van der Waals surface area contributed by atoms with Gasteiger partial charge in [-0.05, 0) is 43.6 Å². The highest BCUT2D eigenvalue weighted by atomic mass is 15.1. The summed E-state index contributed by atoms with van der Waals surface area (Å²) in [5, 5.41) is 3.65. The Morgan fingerprint density at radius 1 is 1.30 bits per heavy atom. The van der Waals surface area contributed by atoms with Crippen molar-refractivity contribution in [3.05, 3.63) is 29.3 Å². The zero-order chi connectivity index (χ0) is 14.5. The van der Waals surface area contributed by atoms with E-state index >= 15 is 0 Å². The first-order chi connectivity index (χ1) is 9.63. The largest absolute Gasteiger partial charge is 0.374 e. The standard InChI is InChI=1S/C17H29N3/c1-5-20(6-2)13-14(3)18-12-15-7-8-17-16(11-15)9-10-19(17)4/h7-8,11,14,18H,5-6,9-10,12-13H2,1-4H3. The minimum absolute atomic E-state index is 0.533. The number of nitrogens with one attached hydrogen (secondary N) is 1. The van der Waals surface area contributed by atoms with Gasteiger partial charge in [-0.25, -0.2) is 0 Å². The Balaban J connectivity index is 1.85. The highest BCUT2D eigenvalue weighted by Crippen LogP contribution is 2.27. The third-order valence-corrected chi connectivity index (χ3v) is 4.35. The lowest BCUT2D eigenvalue weighted by Crippen LogP contribution is -2.38. The van der Waals surface area contributed by atoms with Crippen molar-refractivity contribution >= 4 is 5.69 Å². The number of nitrogens with zero attached hydrogens (tertiary/aromatic N) is 2. The van der Waals surface area contributed by atoms with Crippen molar-refractivity contribution in [3.63, 3.8) is 0 Å². The lowest BCUT2D eigenvalue weighted by atomic mass is 10.1. The number of rotatable bonds is 7. The van der Waals surface area contributed by atoms with Crippen molar-refractivity contribution in [2.24, 2.45) is 0 Å². The van der Waals surface area contributed by atoms with Gasteiger partial charge in [0.25, 0.3) is 0 Å². The van der Waals surface area contributed by atoms with Crippen LogP contribution in [0.15, 0.2) is 18.2 Å². The summed E-state index contributed by atoms with van der Waals surface area (Å²) in [5.74, 6) is 0. The molecule has 0 radical (unpaired) electrons. The lowest BCUT2D eigenvalue weighted by Gasteiger charge is -2.23. The summed E-state index contributed by atoms with van der Waals surface area (Å²) in [6.07, 6.45) is 1.19. The Labute approximate surface area is 124 Å². The van der Waals surface area contributed by atoms with E-state index < -0.39 is 0 Å². The minimum Gasteiger partial charge on any atom is -0.374 e. The fourth-order valence-corrected chi connectivity index (χ4v) is 2.96. The van der Waals surface area contributed by atoms with E-state index in [1.165, 1.54) is 23.2 Å². The summed E-state index contributed by atoms with van der Waals surface area (Å²) >= 11 is 0. The van der Waals surface area contributed by atoms with Crippen LogP contribution in [-0.2, 0) is 13.0 Å². The summed E-state index contributed by atoms with van der Waals surface area (Å²) in [5.41, 5.74) is 4.32. The van der Waals surface area contributed by atoms with Crippen LogP contribution in [0.1, 0.15) is 31.9 Å². The molecule has 0 saturated heterocycles. The maximum Gasteiger partial charge on any atom is 0.0397 e. The van der Waals surface area contributed by atoms with Crippen LogP contribution in [0.4, 0.5) is 5.69 Å². The van der Waals surface area contributed by atoms with Crippen LogP contribution in [0.5, 0.6) is 0 Å². The van der Waals surface area contributed by atoms with E-state index in [0.717, 1.165) is 32.7 Å². The predicted octanol–water partition coefficient (Wildman–Crippen LogP) is 2.50. The second kappa shape index (κ2) is 7.09. The molecule has 1 heterocycles. The van der Waals surface area contributed by atoms with Gasteiger partial charge in [-0.2, -0.15) is 0 Å². The van der Waals surface area contributed by atoms with Gasteiger partial charge >= 0.3 is 0 Å². The number of anilines is 1. The molecule has 0 bridgehead atoms. The van der Waals surface area contributed by atoms with Crippen LogP contribution in [0.2, 0.25) is 0 Å². The van der Waals surface area contributed by atoms with E-state index in [9.17, 15) is 0 Å². The SMILES string of the molecule is CCN(CC)CC(C)NCc1ccc2c(c1)CCN2C. The fourth-order valence-electron chi connectivity index (χ4n) is 2.96. The Bertz CT molecular complexity index is 426. The molecule has 0 spiro atoms. The van der Waals surface area contributed by atoms with E-state index in [4.69, 9.17) is 0 Å². The first-order valence-corrected chi connectivity index (χ1v) is 7.92. The summed E-state index contributed by atoms with van der Waals surface area (Å²) in [6, 6.07) is 7.44. The molecule has 0 saturated carbocycles. The molecule has 1 aromatic carbocycles. The molecule has 0 fully saturated rings. The summed E-state index contributed by atoms with van der Waals surface area (Å²) < 4.78 is 0. The average Bonchev–Trinajstić information content (AvgIpc) is 2.83. The monoisotopic (exact) mass is 275 g/mol. The van der Waals surface area contributed by atoms with Crippen molar-refractivity contribution in [1.29, 1.82) is 0 Å². The van der Waals surface area contributed by atoms with Gasteiger partial charge in [0.05, 0.1) is 0 Å². The van der Waals surface area contributed by atoms with E-state index in [1.807, 2.05) is 0 Å². The normalized spacial score (nSPS) is 15.8. The molecule has 1 unspecified atom stereocenters. The van der Waals surface area contributed by atoms with E-state index in [1.54, 1.807) is 0 Å². The maximum absolute atomic E-state index is 3.65. The van der Waals surface area contributed by atoms with E-state index in [-0.39, 0.29) is 0 Å². The molecule has 0 aliphatic carbocycles. The average molecular weight is 275 g/mol. The van der Waals surface area contributed by atoms with E-state index in [2.05, 4.69) is 61.1 Å². The third-order valence-electron chi connectivity index (χ3n) is 4.35. The Morgan fingerprint density at radius 3 is 2.75 bits per heavy atom. The van der Waals surface area contributed by atoms with Gasteiger partial charge in [0.2, 0.25) is 0 Å². The zero-order valence-corrected chi connectivity index (χ0v) is 13.4. The number of hydrogen-bond donors (Lipinski definition) is 1. The van der Waals surface area contributed by atoms with Crippen molar-refractivity contribution < 1.29 is 0 Å². The van der Waals surface area contributed by atoms with Crippen LogP contribution in [0, 0.1) is 0 Å². The van der Waals surface area contributed by atoms with Crippen molar-refractivity contribution in [2.75, 3.05) is 38.1 Å². The molecule has 1 aromatic rings. The summed E-state index contributed by atoms with van der Waals surface area (Å²) in [7, 11) is 2.18. The van der Waals surface area contributed by atoms with Crippen LogP contribution >= 0.6 is 0 Å². The molecule has 3 heteroatoms. The summed E-state index contributed by atoms with van der Waals surface area (Å²) in [4.78, 5) is 4.81. The van der Waals surface area contributed by atoms with Gasteiger partial charge in [-0.3, -0.25) is 0 Å². The predicted molar refractivity (Wildman–Crippen MR) is 87.5 cm³/mol. The van der Waals surface area contributed by atoms with Gasteiger partial charge in [-0.15, -0.1) is 0 Å². The van der Waals surface area contributed by atoms with Gasteiger partial charge in [0.15, 0.2) is 0 Å². The van der Waals surface area contributed by atoms with Gasteiger partial charge in [0.1, 0.15) is 0 Å². The lowest BCUT2D eigenvalue weighted by molar-refractivity contribution is 0.270. The van der Waals surface area contributed by atoms with Crippen molar-refractivity contribution in [1.82, 2.24) is 10.2 Å². The fraction of sp³-hybridized carbons (Fsp3) is 0.647. The molecule has 0 amide bonds. The molecule has 2 rings (SSSR count). The molecule has 1 aliphatic rings. The first kappa shape index (κ1) is 15.3. The zero-order valence-electron chi connectivity index (χ0n) is 13.4. The number of hydrogen-bond acceptors (Lipinski definition) is 3. The van der Waals surface area contributed by atoms with Crippen LogP contribution in [0.25, 0.3) is 0 Å². The second-order valence-corrected chi connectivity index (χ2v) is 5.90. The Kier molecular flexibility index (Phi) is 5.44. The molecule has 20 heavy (non-hydrogen) atoms. The molecular weight excluding hydrogens is 246 g/mol. The van der Waals surface area contributed by atoms with Gasteiger partial charge < -0.3 is 15.1 Å². The molecule has 1 N–H and O–H groups in total. The van der Waals surface area contributed by atoms with Gasteiger partial charge in [0, 0.05) is 38.4 Å². The molecule has 1 aliphatic heterocycles. The number of fused-ring (bicyclic) bond motifs is 1. The van der Waals surface area contributed by atoms with Crippen LogP contribution in [-0.4, -0.2) is 44.2 Å². The topological polar surface area (TPSA) is 18.5 Å². The number of likely N-dealkylation sites (N-methyl/N-ethyl adjacent to an activating group) is 2. The van der Waals surface area contributed by atoms with Gasteiger partial charge in [-0.1, -0.05) is 26.0 Å². The quantitative estimate of drug-likeness (QED) is 0.825. The molecule has 1 atom stereocenters. The van der Waals surface area contributed by atoms with Crippen LogP contribution in [0.3, 0.4) is 0 Å². The number of benzene rings is 1. The summed E-state index contributed by atoms with van der Waals surface area (Å²) in [6.45, 7) is 12.3. The highest BCUT2D eigenvalue weighted by Gasteiger charge is 2.15. The van der Waals surface area contributed by atoms with Crippen molar-refractivity contribution in [2.45, 2.75) is 39.8 Å². The molecule has 3 nitrogen and oxygen atoms in total. The van der Waals surface area contributed by atoms with E-state index in [0.29, 0.717) is 6.04 Å². The first-order valence-electron chi connectivity index (χ1n) is 7.92. The molecule has 0 aromatic heterocycles. The Morgan fingerprint density at radius 2 is 2.05 bits per heavy atom. The second-order valence-electron chi connectivity index (χ2n) is 5.90. The van der Waals surface area contributed by atoms with Crippen molar-refractivity contribution in [3.8, 4) is 0 Å². The van der Waals surface area contributed by atoms with Crippen LogP contribution < -0.4 is 10.2 Å². The molecule has 112 valence electrons. The third kappa shape index (κ3) is 3.74. The molecular formula is C17H29N3.